The highest BCUT2D eigenvalue weighted by Crippen LogP contribution is 2.39. The average Bonchev–Trinajstić information content (AvgIpc) is 3.23. The van der Waals surface area contributed by atoms with Crippen LogP contribution in [0.25, 0.3) is 10.2 Å². The zero-order chi connectivity index (χ0) is 13.5. The maximum absolute atomic E-state index is 9.37. The van der Waals surface area contributed by atoms with E-state index in [1.807, 2.05) is 0 Å². The summed E-state index contributed by atoms with van der Waals surface area (Å²) in [5.41, 5.74) is 1.46. The summed E-state index contributed by atoms with van der Waals surface area (Å²) < 4.78 is 0. The number of nitrogens with one attached hydrogen (secondary N) is 1. The molecule has 106 valence electrons. The molecule has 0 aliphatic heterocycles. The number of aliphatic hydroxyl groups excluding tert-OH is 1. The first-order valence-corrected chi connectivity index (χ1v) is 8.32. The topological polar surface area (TPSA) is 58.0 Å². The molecule has 20 heavy (non-hydrogen) atoms. The lowest BCUT2D eigenvalue weighted by Crippen LogP contribution is -2.09. The third-order valence-corrected chi connectivity index (χ3v) is 5.44. The Balaban J connectivity index is 1.81. The largest absolute Gasteiger partial charge is 0.388 e. The molecule has 0 bridgehead atoms. The van der Waals surface area contributed by atoms with Crippen LogP contribution in [0.15, 0.2) is 0 Å². The van der Waals surface area contributed by atoms with Crippen molar-refractivity contribution < 1.29 is 5.11 Å². The molecule has 0 atom stereocenters. The normalized spacial score (nSPS) is 18.2. The molecule has 0 amide bonds. The van der Waals surface area contributed by atoms with Crippen molar-refractivity contribution in [1.82, 2.24) is 9.97 Å². The molecule has 0 radical (unpaired) electrons. The van der Waals surface area contributed by atoms with Crippen LogP contribution in [0.1, 0.15) is 41.9 Å². The van der Waals surface area contributed by atoms with Gasteiger partial charge < -0.3 is 10.4 Å². The monoisotopic (exact) mass is 289 g/mol. The van der Waals surface area contributed by atoms with Gasteiger partial charge in [0.05, 0.1) is 5.39 Å². The number of hydrogen-bond acceptors (Lipinski definition) is 5. The van der Waals surface area contributed by atoms with Gasteiger partial charge >= 0.3 is 0 Å². The lowest BCUT2D eigenvalue weighted by Gasteiger charge is -2.13. The molecule has 0 saturated heterocycles. The second-order valence-corrected chi connectivity index (χ2v) is 6.95. The molecular weight excluding hydrogens is 270 g/mol. The van der Waals surface area contributed by atoms with Gasteiger partial charge in [0.15, 0.2) is 5.82 Å². The molecule has 2 aliphatic rings. The van der Waals surface area contributed by atoms with Gasteiger partial charge in [-0.25, -0.2) is 9.97 Å². The van der Waals surface area contributed by atoms with Gasteiger partial charge in [0.1, 0.15) is 17.3 Å². The SMILES string of the molecule is OCc1nc(NCC2CC2)c2c3c(sc2n1)CCCC3. The molecule has 2 N–H and O–H groups in total. The summed E-state index contributed by atoms with van der Waals surface area (Å²) in [6.07, 6.45) is 7.53. The van der Waals surface area contributed by atoms with Crippen LogP contribution < -0.4 is 5.32 Å². The van der Waals surface area contributed by atoms with Crippen molar-refractivity contribution in [2.45, 2.75) is 45.1 Å². The maximum Gasteiger partial charge on any atom is 0.157 e. The maximum atomic E-state index is 9.37. The molecule has 2 aliphatic carbocycles. The Bertz CT molecular complexity index is 648. The van der Waals surface area contributed by atoms with Crippen molar-refractivity contribution in [3.05, 3.63) is 16.3 Å². The highest BCUT2D eigenvalue weighted by Gasteiger charge is 2.24. The fourth-order valence-electron chi connectivity index (χ4n) is 2.96. The fraction of sp³-hybridized carbons (Fsp3) is 0.600. The number of rotatable bonds is 4. The highest BCUT2D eigenvalue weighted by atomic mass is 32.1. The van der Waals surface area contributed by atoms with E-state index in [4.69, 9.17) is 0 Å². The Morgan fingerprint density at radius 1 is 1.20 bits per heavy atom. The van der Waals surface area contributed by atoms with E-state index in [0.29, 0.717) is 5.82 Å². The van der Waals surface area contributed by atoms with E-state index in [9.17, 15) is 5.11 Å². The Labute approximate surface area is 122 Å². The summed E-state index contributed by atoms with van der Waals surface area (Å²) in [5, 5.41) is 14.1. The molecular formula is C15H19N3OS. The van der Waals surface area contributed by atoms with E-state index in [-0.39, 0.29) is 6.61 Å². The number of aliphatic hydroxyl groups is 1. The van der Waals surface area contributed by atoms with Crippen molar-refractivity contribution >= 4 is 27.4 Å². The lowest BCUT2D eigenvalue weighted by molar-refractivity contribution is 0.272. The van der Waals surface area contributed by atoms with Crippen LogP contribution in [0.3, 0.4) is 0 Å². The molecule has 4 nitrogen and oxygen atoms in total. The van der Waals surface area contributed by atoms with Gasteiger partial charge in [-0.05, 0) is 50.0 Å². The Kier molecular flexibility index (Phi) is 3.11. The molecule has 0 unspecified atom stereocenters. The Morgan fingerprint density at radius 3 is 2.85 bits per heavy atom. The third kappa shape index (κ3) is 2.19. The minimum absolute atomic E-state index is 0.0867. The molecule has 2 heterocycles. The van der Waals surface area contributed by atoms with Crippen LogP contribution in [0, 0.1) is 5.92 Å². The zero-order valence-corrected chi connectivity index (χ0v) is 12.3. The standard InChI is InChI=1S/C15H19N3OS/c19-8-12-17-14(16-7-9-5-6-9)13-10-3-1-2-4-11(10)20-15(13)18-12/h9,19H,1-8H2,(H,16,17,18). The van der Waals surface area contributed by atoms with Crippen LogP contribution in [-0.2, 0) is 19.4 Å². The van der Waals surface area contributed by atoms with Crippen molar-refractivity contribution in [3.8, 4) is 0 Å². The van der Waals surface area contributed by atoms with Gasteiger partial charge in [-0.15, -0.1) is 11.3 Å². The quantitative estimate of drug-likeness (QED) is 0.908. The van der Waals surface area contributed by atoms with Crippen LogP contribution >= 0.6 is 11.3 Å². The lowest BCUT2D eigenvalue weighted by atomic mass is 9.97. The van der Waals surface area contributed by atoms with E-state index >= 15 is 0 Å². The van der Waals surface area contributed by atoms with E-state index in [2.05, 4.69) is 15.3 Å². The van der Waals surface area contributed by atoms with Gasteiger partial charge in [0, 0.05) is 11.4 Å². The van der Waals surface area contributed by atoms with Crippen molar-refractivity contribution in [2.24, 2.45) is 5.92 Å². The highest BCUT2D eigenvalue weighted by molar-refractivity contribution is 7.19. The van der Waals surface area contributed by atoms with Gasteiger partial charge in [-0.3, -0.25) is 0 Å². The minimum atomic E-state index is -0.0867. The average molecular weight is 289 g/mol. The predicted molar refractivity (Wildman–Crippen MR) is 81.2 cm³/mol. The molecule has 2 aromatic heterocycles. The second-order valence-electron chi connectivity index (χ2n) is 5.86. The number of thiophene rings is 1. The predicted octanol–water partition coefficient (Wildman–Crippen LogP) is 2.88. The molecule has 2 aromatic rings. The molecule has 0 aromatic carbocycles. The summed E-state index contributed by atoms with van der Waals surface area (Å²) in [6.45, 7) is 0.915. The van der Waals surface area contributed by atoms with E-state index in [1.165, 1.54) is 47.9 Å². The summed E-state index contributed by atoms with van der Waals surface area (Å²) in [5.74, 6) is 2.30. The van der Waals surface area contributed by atoms with Gasteiger partial charge in [-0.2, -0.15) is 0 Å². The van der Waals surface area contributed by atoms with Gasteiger partial charge in [0.25, 0.3) is 0 Å². The Morgan fingerprint density at radius 2 is 2.05 bits per heavy atom. The number of aryl methyl sites for hydroxylation is 2. The van der Waals surface area contributed by atoms with Crippen LogP contribution in [0.2, 0.25) is 0 Å². The van der Waals surface area contributed by atoms with Gasteiger partial charge in [0.2, 0.25) is 0 Å². The number of aromatic nitrogens is 2. The summed E-state index contributed by atoms with van der Waals surface area (Å²) in [6, 6.07) is 0. The first-order chi connectivity index (χ1) is 9.85. The fourth-order valence-corrected chi connectivity index (χ4v) is 4.24. The summed E-state index contributed by atoms with van der Waals surface area (Å²) in [4.78, 5) is 11.6. The van der Waals surface area contributed by atoms with Crippen molar-refractivity contribution in [1.29, 1.82) is 0 Å². The van der Waals surface area contributed by atoms with Crippen molar-refractivity contribution in [3.63, 3.8) is 0 Å². The number of hydrogen-bond donors (Lipinski definition) is 2. The number of fused-ring (bicyclic) bond motifs is 3. The summed E-state index contributed by atoms with van der Waals surface area (Å²) >= 11 is 1.79. The van der Waals surface area contributed by atoms with Crippen LogP contribution in [0.4, 0.5) is 5.82 Å². The summed E-state index contributed by atoms with van der Waals surface area (Å²) in [7, 11) is 0. The Hall–Kier alpha value is -1.20. The van der Waals surface area contributed by atoms with E-state index < -0.39 is 0 Å². The zero-order valence-electron chi connectivity index (χ0n) is 11.5. The van der Waals surface area contributed by atoms with E-state index in [1.54, 1.807) is 11.3 Å². The van der Waals surface area contributed by atoms with E-state index in [0.717, 1.165) is 29.5 Å². The first-order valence-electron chi connectivity index (χ1n) is 7.51. The minimum Gasteiger partial charge on any atom is -0.388 e. The number of anilines is 1. The molecule has 1 fully saturated rings. The van der Waals surface area contributed by atoms with Crippen molar-refractivity contribution in [2.75, 3.05) is 11.9 Å². The third-order valence-electron chi connectivity index (χ3n) is 4.26. The van der Waals surface area contributed by atoms with Gasteiger partial charge in [-0.1, -0.05) is 0 Å². The molecule has 5 heteroatoms. The molecule has 4 rings (SSSR count). The second kappa shape index (κ2) is 4.97. The van der Waals surface area contributed by atoms with Crippen LogP contribution in [-0.4, -0.2) is 21.6 Å². The van der Waals surface area contributed by atoms with Crippen LogP contribution in [0.5, 0.6) is 0 Å². The molecule has 0 spiro atoms. The first kappa shape index (κ1) is 12.5. The number of nitrogens with zero attached hydrogens (tertiary/aromatic N) is 2. The molecule has 1 saturated carbocycles. The smallest absolute Gasteiger partial charge is 0.157 e.